The second kappa shape index (κ2) is 8.42. The van der Waals surface area contributed by atoms with Crippen LogP contribution in [0, 0.1) is 20.2 Å². The number of nitro groups is 2. The molecule has 0 fully saturated rings. The van der Waals surface area contributed by atoms with Crippen molar-refractivity contribution >= 4 is 23.0 Å². The van der Waals surface area contributed by atoms with E-state index in [4.69, 9.17) is 0 Å². The van der Waals surface area contributed by atoms with Crippen LogP contribution in [0.5, 0.6) is 5.75 Å². The van der Waals surface area contributed by atoms with Crippen LogP contribution in [0.15, 0.2) is 42.5 Å². The molecule has 10 nitrogen and oxygen atoms in total. The summed E-state index contributed by atoms with van der Waals surface area (Å²) in [5, 5.41) is 36.5. The molecular formula is C16H16N4O6. The molecule has 0 aromatic heterocycles. The number of anilines is 1. The molecule has 0 radical (unpaired) electrons. The summed E-state index contributed by atoms with van der Waals surface area (Å²) in [5.74, 6) is -0.355. The number of aromatic hydroxyl groups is 1. The van der Waals surface area contributed by atoms with Crippen LogP contribution in [-0.4, -0.2) is 33.9 Å². The van der Waals surface area contributed by atoms with Crippen molar-refractivity contribution in [2.45, 2.75) is 6.42 Å². The van der Waals surface area contributed by atoms with Gasteiger partial charge in [-0.05, 0) is 30.7 Å². The Morgan fingerprint density at radius 2 is 1.81 bits per heavy atom. The number of non-ortho nitro benzene ring substituents is 1. The molecule has 3 N–H and O–H groups in total. The number of carbonyl (C=O) groups excluding carboxylic acids is 1. The maximum absolute atomic E-state index is 11.9. The van der Waals surface area contributed by atoms with Gasteiger partial charge < -0.3 is 15.7 Å². The molecule has 26 heavy (non-hydrogen) atoms. The van der Waals surface area contributed by atoms with Gasteiger partial charge in [-0.1, -0.05) is 6.07 Å². The normalized spacial score (nSPS) is 10.2. The number of rotatable bonds is 8. The summed E-state index contributed by atoms with van der Waals surface area (Å²) in [6.45, 7) is 0.626. The summed E-state index contributed by atoms with van der Waals surface area (Å²) in [6, 6.07) is 9.27. The Hall–Kier alpha value is -3.69. The van der Waals surface area contributed by atoms with Crippen LogP contribution in [0.1, 0.15) is 16.8 Å². The van der Waals surface area contributed by atoms with Gasteiger partial charge in [-0.3, -0.25) is 25.0 Å². The van der Waals surface area contributed by atoms with Crippen molar-refractivity contribution < 1.29 is 19.7 Å². The molecule has 2 aromatic carbocycles. The lowest BCUT2D eigenvalue weighted by Crippen LogP contribution is -2.25. The molecule has 0 spiro atoms. The number of hydrogen-bond acceptors (Lipinski definition) is 7. The fourth-order valence-electron chi connectivity index (χ4n) is 2.20. The molecule has 0 aliphatic heterocycles. The molecule has 0 unspecified atom stereocenters. The predicted molar refractivity (Wildman–Crippen MR) is 93.3 cm³/mol. The Morgan fingerprint density at radius 1 is 1.04 bits per heavy atom. The minimum atomic E-state index is -0.701. The van der Waals surface area contributed by atoms with Crippen molar-refractivity contribution in [2.24, 2.45) is 0 Å². The average molecular weight is 360 g/mol. The number of nitro benzene ring substituents is 2. The lowest BCUT2D eigenvalue weighted by molar-refractivity contribution is -0.393. The Labute approximate surface area is 147 Å². The topological polar surface area (TPSA) is 148 Å². The summed E-state index contributed by atoms with van der Waals surface area (Å²) in [6.07, 6.45) is 0.471. The van der Waals surface area contributed by atoms with Gasteiger partial charge in [0.1, 0.15) is 11.4 Å². The first kappa shape index (κ1) is 18.6. The summed E-state index contributed by atoms with van der Waals surface area (Å²) >= 11 is 0. The maximum atomic E-state index is 11.9. The van der Waals surface area contributed by atoms with E-state index in [0.717, 1.165) is 6.07 Å². The standard InChI is InChI=1S/C16H16N4O6/c21-13-4-1-3-11(9-13)16(22)18-8-2-7-17-14-6-5-12(19(23)24)10-15(14)20(25)26/h1,3-6,9-10,17,21H,2,7-8H2,(H,18,22). The summed E-state index contributed by atoms with van der Waals surface area (Å²) in [7, 11) is 0. The highest BCUT2D eigenvalue weighted by Gasteiger charge is 2.19. The molecule has 0 aliphatic rings. The van der Waals surface area contributed by atoms with Crippen LogP contribution in [0.2, 0.25) is 0 Å². The van der Waals surface area contributed by atoms with Gasteiger partial charge in [0, 0.05) is 24.7 Å². The lowest BCUT2D eigenvalue weighted by Gasteiger charge is -2.08. The molecule has 0 saturated carbocycles. The molecular weight excluding hydrogens is 344 g/mol. The van der Waals surface area contributed by atoms with E-state index >= 15 is 0 Å². The van der Waals surface area contributed by atoms with E-state index in [9.17, 15) is 30.1 Å². The van der Waals surface area contributed by atoms with Gasteiger partial charge in [-0.15, -0.1) is 0 Å². The number of hydrogen-bond donors (Lipinski definition) is 3. The Kier molecular flexibility index (Phi) is 6.04. The number of amides is 1. The quantitative estimate of drug-likeness (QED) is 0.372. The van der Waals surface area contributed by atoms with E-state index in [2.05, 4.69) is 10.6 Å². The van der Waals surface area contributed by atoms with Gasteiger partial charge >= 0.3 is 0 Å². The van der Waals surface area contributed by atoms with Crippen LogP contribution in [-0.2, 0) is 0 Å². The fourth-order valence-corrected chi connectivity index (χ4v) is 2.20. The second-order valence-corrected chi connectivity index (χ2v) is 5.30. The van der Waals surface area contributed by atoms with Crippen molar-refractivity contribution in [1.82, 2.24) is 5.32 Å². The third kappa shape index (κ3) is 4.90. The molecule has 2 aromatic rings. The average Bonchev–Trinajstić information content (AvgIpc) is 2.61. The molecule has 10 heteroatoms. The summed E-state index contributed by atoms with van der Waals surface area (Å²) in [4.78, 5) is 32.2. The van der Waals surface area contributed by atoms with E-state index in [1.165, 1.54) is 24.3 Å². The largest absolute Gasteiger partial charge is 0.508 e. The van der Waals surface area contributed by atoms with E-state index < -0.39 is 9.85 Å². The predicted octanol–water partition coefficient (Wildman–Crippen LogP) is 2.44. The first-order chi connectivity index (χ1) is 12.4. The summed E-state index contributed by atoms with van der Waals surface area (Å²) in [5.41, 5.74) is -0.257. The van der Waals surface area contributed by atoms with Gasteiger partial charge in [-0.25, -0.2) is 0 Å². The second-order valence-electron chi connectivity index (χ2n) is 5.30. The monoisotopic (exact) mass is 360 g/mol. The van der Waals surface area contributed by atoms with Crippen LogP contribution < -0.4 is 10.6 Å². The molecule has 0 aliphatic carbocycles. The van der Waals surface area contributed by atoms with Gasteiger partial charge in [-0.2, -0.15) is 0 Å². The molecule has 136 valence electrons. The van der Waals surface area contributed by atoms with E-state index in [1.54, 1.807) is 12.1 Å². The highest BCUT2D eigenvalue weighted by molar-refractivity contribution is 5.94. The van der Waals surface area contributed by atoms with E-state index in [1.807, 2.05) is 0 Å². The number of phenols is 1. The lowest BCUT2D eigenvalue weighted by atomic mass is 10.2. The maximum Gasteiger partial charge on any atom is 0.299 e. The van der Waals surface area contributed by atoms with Crippen molar-refractivity contribution in [3.8, 4) is 5.75 Å². The molecule has 0 heterocycles. The third-order valence-corrected chi connectivity index (χ3v) is 3.45. The zero-order valence-corrected chi connectivity index (χ0v) is 13.5. The van der Waals surface area contributed by atoms with Crippen LogP contribution >= 0.6 is 0 Å². The molecule has 0 saturated heterocycles. The van der Waals surface area contributed by atoms with Crippen molar-refractivity contribution in [3.05, 3.63) is 68.3 Å². The molecule has 2 rings (SSSR count). The molecule has 0 bridgehead atoms. The van der Waals surface area contributed by atoms with E-state index in [0.29, 0.717) is 25.1 Å². The van der Waals surface area contributed by atoms with Gasteiger partial charge in [0.05, 0.1) is 15.9 Å². The van der Waals surface area contributed by atoms with Crippen molar-refractivity contribution in [2.75, 3.05) is 18.4 Å². The number of benzene rings is 2. The number of phenolic OH excluding ortho intramolecular Hbond substituents is 1. The van der Waals surface area contributed by atoms with Crippen LogP contribution in [0.4, 0.5) is 17.1 Å². The van der Waals surface area contributed by atoms with Gasteiger partial charge in [0.2, 0.25) is 0 Å². The van der Waals surface area contributed by atoms with Gasteiger partial charge in [0.25, 0.3) is 17.3 Å². The molecule has 0 atom stereocenters. The highest BCUT2D eigenvalue weighted by atomic mass is 16.6. The Balaban J connectivity index is 1.85. The number of nitrogens with zero attached hydrogens (tertiary/aromatic N) is 2. The zero-order valence-electron chi connectivity index (χ0n) is 13.5. The minimum Gasteiger partial charge on any atom is -0.508 e. The first-order valence-electron chi connectivity index (χ1n) is 7.62. The summed E-state index contributed by atoms with van der Waals surface area (Å²) < 4.78 is 0. The highest BCUT2D eigenvalue weighted by Crippen LogP contribution is 2.28. The fraction of sp³-hybridized carbons (Fsp3) is 0.188. The van der Waals surface area contributed by atoms with E-state index in [-0.39, 0.29) is 28.7 Å². The Bertz CT molecular complexity index is 839. The van der Waals surface area contributed by atoms with Crippen LogP contribution in [0.25, 0.3) is 0 Å². The number of nitrogens with one attached hydrogen (secondary N) is 2. The minimum absolute atomic E-state index is 0.00945. The number of carbonyl (C=O) groups is 1. The van der Waals surface area contributed by atoms with Crippen molar-refractivity contribution in [3.63, 3.8) is 0 Å². The van der Waals surface area contributed by atoms with Crippen molar-refractivity contribution in [1.29, 1.82) is 0 Å². The SMILES string of the molecule is O=C(NCCCNc1ccc([N+](=O)[O-])cc1[N+](=O)[O-])c1cccc(O)c1. The zero-order chi connectivity index (χ0) is 19.1. The Morgan fingerprint density at radius 3 is 2.46 bits per heavy atom. The van der Waals surface area contributed by atoms with Gasteiger partial charge in [0.15, 0.2) is 0 Å². The molecule has 1 amide bonds. The van der Waals surface area contributed by atoms with Crippen LogP contribution in [0.3, 0.4) is 0 Å². The third-order valence-electron chi connectivity index (χ3n) is 3.45. The first-order valence-corrected chi connectivity index (χ1v) is 7.62. The smallest absolute Gasteiger partial charge is 0.299 e.